The largest absolute Gasteiger partial charge is 0.496 e. The molecule has 0 radical (unpaired) electrons. The number of nitrogens with zero attached hydrogens (tertiary/aromatic N) is 2. The number of ether oxygens (including phenoxy) is 2. The number of nitrogens with one attached hydrogen (secondary N) is 2. The van der Waals surface area contributed by atoms with Crippen molar-refractivity contribution in [1.82, 2.24) is 14.5 Å². The molecule has 10 nitrogen and oxygen atoms in total. The molecule has 0 spiro atoms. The summed E-state index contributed by atoms with van der Waals surface area (Å²) in [5, 5.41) is 16.3. The van der Waals surface area contributed by atoms with Crippen LogP contribution in [-0.4, -0.2) is 52.6 Å². The third-order valence-corrected chi connectivity index (χ3v) is 8.45. The van der Waals surface area contributed by atoms with E-state index in [-0.39, 0.29) is 24.8 Å². The molecule has 1 fully saturated rings. The average molecular weight is 617 g/mol. The molecular formula is C34H37FN4O6. The van der Waals surface area contributed by atoms with Gasteiger partial charge in [-0.15, -0.1) is 0 Å². The molecule has 1 saturated heterocycles. The number of aliphatic hydroxyl groups is 1. The smallest absolute Gasteiger partial charge is 0.330 e. The second-order valence-electron chi connectivity index (χ2n) is 11.3. The Kier molecular flexibility index (Phi) is 9.33. The Balaban J connectivity index is 1.45. The Morgan fingerprint density at radius 3 is 2.47 bits per heavy atom. The number of benzene rings is 3. The van der Waals surface area contributed by atoms with Gasteiger partial charge in [0, 0.05) is 50.7 Å². The Morgan fingerprint density at radius 2 is 1.76 bits per heavy atom. The van der Waals surface area contributed by atoms with E-state index in [0.717, 1.165) is 32.4 Å². The van der Waals surface area contributed by atoms with E-state index in [0.29, 0.717) is 35.6 Å². The van der Waals surface area contributed by atoms with Gasteiger partial charge >= 0.3 is 5.69 Å². The van der Waals surface area contributed by atoms with Gasteiger partial charge in [0.05, 0.1) is 19.8 Å². The van der Waals surface area contributed by atoms with Crippen molar-refractivity contribution in [3.05, 3.63) is 104 Å². The van der Waals surface area contributed by atoms with Gasteiger partial charge in [0.1, 0.15) is 17.1 Å². The number of halogens is 1. The number of aromatic nitrogens is 2. The highest BCUT2D eigenvalue weighted by molar-refractivity contribution is 6.04. The van der Waals surface area contributed by atoms with Crippen molar-refractivity contribution in [2.45, 2.75) is 39.0 Å². The summed E-state index contributed by atoms with van der Waals surface area (Å²) in [5.74, 6) is -0.650. The normalized spacial score (nSPS) is 16.4. The quantitative estimate of drug-likeness (QED) is 0.276. The molecule has 11 heteroatoms. The van der Waals surface area contributed by atoms with E-state index in [1.807, 2.05) is 50.2 Å². The Morgan fingerprint density at radius 1 is 1.07 bits per heavy atom. The maximum atomic E-state index is 15.6. The molecule has 0 bridgehead atoms. The topological polar surface area (TPSA) is 124 Å². The first-order chi connectivity index (χ1) is 21.5. The molecule has 3 aromatic carbocycles. The number of amides is 1. The van der Waals surface area contributed by atoms with Gasteiger partial charge in [-0.2, -0.15) is 0 Å². The maximum Gasteiger partial charge on any atom is 0.330 e. The zero-order valence-corrected chi connectivity index (χ0v) is 25.9. The lowest BCUT2D eigenvalue weighted by Crippen LogP contribution is -2.46. The van der Waals surface area contributed by atoms with Crippen molar-refractivity contribution in [2.24, 2.45) is 14.1 Å². The number of carbonyl (C=O) groups excluding carboxylic acids is 1. The molecule has 0 unspecified atom stereocenters. The number of aliphatic hydroxyl groups excluding tert-OH is 1. The summed E-state index contributed by atoms with van der Waals surface area (Å²) in [6.45, 7) is 4.80. The molecular weight excluding hydrogens is 579 g/mol. The number of anilines is 1. The van der Waals surface area contributed by atoms with Crippen LogP contribution in [-0.2, 0) is 25.4 Å². The van der Waals surface area contributed by atoms with E-state index in [1.54, 1.807) is 6.07 Å². The van der Waals surface area contributed by atoms with Crippen molar-refractivity contribution in [3.8, 4) is 28.0 Å². The number of hydrogen-bond acceptors (Lipinski definition) is 7. The summed E-state index contributed by atoms with van der Waals surface area (Å²) in [6, 6.07) is 14.4. The van der Waals surface area contributed by atoms with Gasteiger partial charge in [0.25, 0.3) is 11.5 Å². The van der Waals surface area contributed by atoms with Crippen molar-refractivity contribution in [1.29, 1.82) is 0 Å². The van der Waals surface area contributed by atoms with E-state index in [4.69, 9.17) is 9.47 Å². The van der Waals surface area contributed by atoms with E-state index >= 15 is 4.39 Å². The average Bonchev–Trinajstić information content (AvgIpc) is 3.02. The van der Waals surface area contributed by atoms with E-state index in [1.165, 1.54) is 38.0 Å². The fraction of sp³-hybridized carbons (Fsp3) is 0.324. The second-order valence-corrected chi connectivity index (χ2v) is 11.3. The predicted molar refractivity (Wildman–Crippen MR) is 170 cm³/mol. The van der Waals surface area contributed by atoms with Crippen LogP contribution in [0, 0.1) is 19.7 Å². The van der Waals surface area contributed by atoms with Crippen molar-refractivity contribution in [3.63, 3.8) is 0 Å². The first-order valence-electron chi connectivity index (χ1n) is 14.6. The minimum atomic E-state index is -0.682. The second kappa shape index (κ2) is 13.2. The molecule has 1 aliphatic heterocycles. The summed E-state index contributed by atoms with van der Waals surface area (Å²) in [7, 11) is 4.31. The van der Waals surface area contributed by atoms with Crippen molar-refractivity contribution in [2.75, 3.05) is 25.6 Å². The molecule has 2 heterocycles. The van der Waals surface area contributed by atoms with Crippen LogP contribution in [0.4, 0.5) is 10.1 Å². The monoisotopic (exact) mass is 616 g/mol. The Labute approximate surface area is 260 Å². The molecule has 236 valence electrons. The molecule has 5 rings (SSSR count). The van der Waals surface area contributed by atoms with Gasteiger partial charge < -0.3 is 29.8 Å². The zero-order valence-electron chi connectivity index (χ0n) is 25.9. The number of aryl methyl sites for hydroxylation is 1. The molecule has 0 saturated carbocycles. The van der Waals surface area contributed by atoms with Crippen LogP contribution < -0.4 is 26.6 Å². The summed E-state index contributed by atoms with van der Waals surface area (Å²) in [4.78, 5) is 37.8. The Hall–Kier alpha value is -4.58. The SMILES string of the molecule is COc1cc(-c2cccc(-c3cccc(NC(=O)c4cn(C)c(=O)n(C)c4=O)c3C)c2C)cc(F)c1CN[C@@H]1CCOC[C@H]1O. The number of methoxy groups -OCH3 is 1. The highest BCUT2D eigenvalue weighted by Crippen LogP contribution is 2.37. The summed E-state index contributed by atoms with van der Waals surface area (Å²) < 4.78 is 28.5. The first kappa shape index (κ1) is 31.8. The predicted octanol–water partition coefficient (Wildman–Crippen LogP) is 3.67. The molecule has 4 aromatic rings. The van der Waals surface area contributed by atoms with Gasteiger partial charge in [-0.1, -0.05) is 30.3 Å². The molecule has 1 aliphatic rings. The maximum absolute atomic E-state index is 15.6. The molecule has 1 amide bonds. The minimum Gasteiger partial charge on any atom is -0.496 e. The van der Waals surface area contributed by atoms with Gasteiger partial charge in [-0.25, -0.2) is 9.18 Å². The van der Waals surface area contributed by atoms with Crippen LogP contribution in [0.25, 0.3) is 22.3 Å². The zero-order chi connectivity index (χ0) is 32.4. The van der Waals surface area contributed by atoms with Crippen LogP contribution >= 0.6 is 0 Å². The number of carbonyl (C=O) groups is 1. The standard InChI is InChI=1S/C34H37FN4O6/c1-19-22(21-14-27(35)25(31(15-21)44-5)16-36-29-12-13-45-18-30(29)40)8-6-9-23(19)24-10-7-11-28(20(24)2)37-32(41)26-17-38(3)34(43)39(4)33(26)42/h6-11,14-15,17,29-30,36,40H,12-13,16,18H2,1-5H3,(H,37,41)/t29-,30-/m1/s1. The van der Waals surface area contributed by atoms with Gasteiger partial charge in [0.2, 0.25) is 0 Å². The summed E-state index contributed by atoms with van der Waals surface area (Å²) in [5.41, 5.74) is 4.39. The lowest BCUT2D eigenvalue weighted by molar-refractivity contribution is -0.0281. The third kappa shape index (κ3) is 6.32. The van der Waals surface area contributed by atoms with Gasteiger partial charge in [-0.3, -0.25) is 14.2 Å². The van der Waals surface area contributed by atoms with Crippen LogP contribution in [0.3, 0.4) is 0 Å². The van der Waals surface area contributed by atoms with Crippen LogP contribution in [0.5, 0.6) is 5.75 Å². The van der Waals surface area contributed by atoms with Crippen LogP contribution in [0.15, 0.2) is 64.3 Å². The summed E-state index contributed by atoms with van der Waals surface area (Å²) in [6.07, 6.45) is 1.20. The van der Waals surface area contributed by atoms with E-state index in [9.17, 15) is 19.5 Å². The van der Waals surface area contributed by atoms with Crippen LogP contribution in [0.2, 0.25) is 0 Å². The fourth-order valence-corrected chi connectivity index (χ4v) is 5.77. The fourth-order valence-electron chi connectivity index (χ4n) is 5.77. The van der Waals surface area contributed by atoms with Crippen molar-refractivity contribution < 1.29 is 23.8 Å². The number of hydrogen-bond donors (Lipinski definition) is 3. The highest BCUT2D eigenvalue weighted by atomic mass is 19.1. The van der Waals surface area contributed by atoms with Gasteiger partial charge in [-0.05, 0) is 71.8 Å². The lowest BCUT2D eigenvalue weighted by Gasteiger charge is -2.29. The highest BCUT2D eigenvalue weighted by Gasteiger charge is 2.25. The molecule has 1 aromatic heterocycles. The van der Waals surface area contributed by atoms with E-state index in [2.05, 4.69) is 10.6 Å². The lowest BCUT2D eigenvalue weighted by atomic mass is 9.90. The van der Waals surface area contributed by atoms with Gasteiger partial charge in [0.15, 0.2) is 0 Å². The van der Waals surface area contributed by atoms with Crippen molar-refractivity contribution >= 4 is 11.6 Å². The summed E-state index contributed by atoms with van der Waals surface area (Å²) >= 11 is 0. The minimum absolute atomic E-state index is 0.152. The number of rotatable bonds is 8. The van der Waals surface area contributed by atoms with E-state index < -0.39 is 29.1 Å². The molecule has 3 N–H and O–H groups in total. The third-order valence-electron chi connectivity index (χ3n) is 8.45. The molecule has 0 aliphatic carbocycles. The molecule has 2 atom stereocenters. The molecule has 45 heavy (non-hydrogen) atoms. The Bertz CT molecular complexity index is 1880. The first-order valence-corrected chi connectivity index (χ1v) is 14.6. The van der Waals surface area contributed by atoms with Crippen LogP contribution in [0.1, 0.15) is 33.5 Å².